The van der Waals surface area contributed by atoms with Crippen molar-refractivity contribution in [1.29, 1.82) is 5.26 Å². The summed E-state index contributed by atoms with van der Waals surface area (Å²) in [5.41, 5.74) is 3.71. The van der Waals surface area contributed by atoms with E-state index in [1.165, 1.54) is 4.90 Å². The zero-order chi connectivity index (χ0) is 18.1. The molecule has 130 valence electrons. The maximum absolute atomic E-state index is 11.0. The van der Waals surface area contributed by atoms with Crippen LogP contribution < -0.4 is 4.90 Å². The summed E-state index contributed by atoms with van der Waals surface area (Å²) >= 11 is 0. The van der Waals surface area contributed by atoms with Gasteiger partial charge in [0.05, 0.1) is 0 Å². The molecule has 0 aliphatic carbocycles. The Kier molecular flexibility index (Phi) is 3.89. The standard InChI is InChI=1S/C18H16N6O2/c19-12-16-15(11-17-20-5-6-24(17)21-16)13-1-3-14(4-2-13)22-7-9-23(10-8-22)18(25)26/h1-6,11H,7-10H2,(H,25,26). The topological polar surface area (TPSA) is 97.8 Å². The fraction of sp³-hybridized carbons (Fsp3) is 0.222. The first-order chi connectivity index (χ1) is 12.7. The minimum atomic E-state index is -0.870. The number of hydrogen-bond acceptors (Lipinski definition) is 5. The van der Waals surface area contributed by atoms with Crippen molar-refractivity contribution in [2.45, 2.75) is 0 Å². The quantitative estimate of drug-likeness (QED) is 0.761. The molecular weight excluding hydrogens is 332 g/mol. The van der Waals surface area contributed by atoms with E-state index in [9.17, 15) is 10.1 Å². The second kappa shape index (κ2) is 6.37. The zero-order valence-electron chi connectivity index (χ0n) is 13.9. The number of aromatic nitrogens is 3. The highest BCUT2D eigenvalue weighted by molar-refractivity contribution is 5.73. The molecule has 8 nitrogen and oxygen atoms in total. The highest BCUT2D eigenvalue weighted by Gasteiger charge is 2.20. The predicted molar refractivity (Wildman–Crippen MR) is 94.9 cm³/mol. The number of fused-ring (bicyclic) bond motifs is 1. The molecule has 4 rings (SSSR count). The SMILES string of the molecule is N#Cc1nn2ccnc2cc1-c1ccc(N2CCN(C(=O)O)CC2)cc1. The Morgan fingerprint density at radius 1 is 1.15 bits per heavy atom. The van der Waals surface area contributed by atoms with Crippen LogP contribution in [0.1, 0.15) is 5.69 Å². The Bertz CT molecular complexity index is 997. The Hall–Kier alpha value is -3.60. The molecule has 1 saturated heterocycles. The summed E-state index contributed by atoms with van der Waals surface area (Å²) in [7, 11) is 0. The number of anilines is 1. The molecule has 0 bridgehead atoms. The van der Waals surface area contributed by atoms with Gasteiger partial charge in [-0.15, -0.1) is 0 Å². The number of amides is 1. The van der Waals surface area contributed by atoms with Crippen LogP contribution in [0.25, 0.3) is 16.8 Å². The number of carboxylic acid groups (broad SMARTS) is 1. The predicted octanol–water partition coefficient (Wildman–Crippen LogP) is 2.07. The Morgan fingerprint density at radius 3 is 2.54 bits per heavy atom. The summed E-state index contributed by atoms with van der Waals surface area (Å²) in [5.74, 6) is 0. The van der Waals surface area contributed by atoms with E-state index in [0.29, 0.717) is 37.5 Å². The molecule has 1 aliphatic rings. The number of carbonyl (C=O) groups is 1. The molecule has 1 amide bonds. The van der Waals surface area contributed by atoms with Gasteiger partial charge in [0.1, 0.15) is 6.07 Å². The Labute approximate surface area is 149 Å². The lowest BCUT2D eigenvalue weighted by Crippen LogP contribution is -2.48. The van der Waals surface area contributed by atoms with Gasteiger partial charge in [-0.05, 0) is 23.8 Å². The van der Waals surface area contributed by atoms with Gasteiger partial charge in [0.25, 0.3) is 0 Å². The van der Waals surface area contributed by atoms with Crippen molar-refractivity contribution >= 4 is 17.4 Å². The van der Waals surface area contributed by atoms with Crippen LogP contribution in [0.15, 0.2) is 42.7 Å². The number of hydrogen-bond donors (Lipinski definition) is 1. The number of benzene rings is 1. The summed E-state index contributed by atoms with van der Waals surface area (Å²) in [4.78, 5) is 18.8. The van der Waals surface area contributed by atoms with Gasteiger partial charge in [-0.25, -0.2) is 14.3 Å². The van der Waals surface area contributed by atoms with Crippen LogP contribution in [-0.2, 0) is 0 Å². The van der Waals surface area contributed by atoms with Crippen molar-refractivity contribution < 1.29 is 9.90 Å². The van der Waals surface area contributed by atoms with E-state index in [1.807, 2.05) is 30.3 Å². The molecule has 8 heteroatoms. The number of imidazole rings is 1. The minimum absolute atomic E-state index is 0.346. The minimum Gasteiger partial charge on any atom is -0.465 e. The molecule has 0 atom stereocenters. The Balaban J connectivity index is 1.59. The number of piperazine rings is 1. The van der Waals surface area contributed by atoms with Crippen LogP contribution in [-0.4, -0.2) is 56.9 Å². The highest BCUT2D eigenvalue weighted by atomic mass is 16.4. The number of nitrogens with zero attached hydrogens (tertiary/aromatic N) is 6. The molecule has 2 aromatic heterocycles. The molecule has 1 aromatic carbocycles. The molecule has 1 aliphatic heterocycles. The lowest BCUT2D eigenvalue weighted by Gasteiger charge is -2.34. The van der Waals surface area contributed by atoms with Crippen LogP contribution >= 0.6 is 0 Å². The maximum Gasteiger partial charge on any atom is 0.407 e. The van der Waals surface area contributed by atoms with E-state index >= 15 is 0 Å². The molecule has 26 heavy (non-hydrogen) atoms. The molecule has 3 aromatic rings. The molecule has 0 unspecified atom stereocenters. The second-order valence-corrected chi connectivity index (χ2v) is 6.05. The van der Waals surface area contributed by atoms with E-state index < -0.39 is 6.09 Å². The van der Waals surface area contributed by atoms with Crippen molar-refractivity contribution in [3.8, 4) is 17.2 Å². The summed E-state index contributed by atoms with van der Waals surface area (Å²) in [6.07, 6.45) is 2.48. The molecule has 1 fully saturated rings. The van der Waals surface area contributed by atoms with Crippen molar-refractivity contribution in [2.24, 2.45) is 0 Å². The van der Waals surface area contributed by atoms with E-state index in [0.717, 1.165) is 16.8 Å². The van der Waals surface area contributed by atoms with Crippen LogP contribution in [0.5, 0.6) is 0 Å². The van der Waals surface area contributed by atoms with Gasteiger partial charge in [-0.1, -0.05) is 12.1 Å². The first-order valence-electron chi connectivity index (χ1n) is 8.23. The van der Waals surface area contributed by atoms with Crippen LogP contribution in [0, 0.1) is 11.3 Å². The van der Waals surface area contributed by atoms with Crippen molar-refractivity contribution in [3.63, 3.8) is 0 Å². The molecule has 3 heterocycles. The van der Waals surface area contributed by atoms with E-state index in [1.54, 1.807) is 16.9 Å². The normalized spacial score (nSPS) is 14.4. The molecule has 0 saturated carbocycles. The summed E-state index contributed by atoms with van der Waals surface area (Å²) < 4.78 is 1.58. The van der Waals surface area contributed by atoms with Gasteiger partial charge >= 0.3 is 6.09 Å². The van der Waals surface area contributed by atoms with Crippen molar-refractivity contribution in [2.75, 3.05) is 31.1 Å². The molecule has 0 spiro atoms. The Morgan fingerprint density at radius 2 is 1.88 bits per heavy atom. The monoisotopic (exact) mass is 348 g/mol. The van der Waals surface area contributed by atoms with Crippen molar-refractivity contribution in [3.05, 3.63) is 48.4 Å². The third-order valence-corrected chi connectivity index (χ3v) is 4.59. The van der Waals surface area contributed by atoms with Gasteiger partial charge in [0.15, 0.2) is 11.3 Å². The second-order valence-electron chi connectivity index (χ2n) is 6.05. The summed E-state index contributed by atoms with van der Waals surface area (Å²) in [6.45, 7) is 2.32. The van der Waals surface area contributed by atoms with Gasteiger partial charge < -0.3 is 14.9 Å². The molecular formula is C18H16N6O2. The lowest BCUT2D eigenvalue weighted by molar-refractivity contribution is 0.142. The van der Waals surface area contributed by atoms with Gasteiger partial charge in [-0.3, -0.25) is 0 Å². The van der Waals surface area contributed by atoms with Crippen molar-refractivity contribution in [1.82, 2.24) is 19.5 Å². The molecule has 0 radical (unpaired) electrons. The van der Waals surface area contributed by atoms with Gasteiger partial charge in [0, 0.05) is 49.8 Å². The number of rotatable bonds is 2. The maximum atomic E-state index is 11.0. The van der Waals surface area contributed by atoms with Crippen LogP contribution in [0.2, 0.25) is 0 Å². The zero-order valence-corrected chi connectivity index (χ0v) is 13.9. The molecule has 1 N–H and O–H groups in total. The van der Waals surface area contributed by atoms with E-state index in [4.69, 9.17) is 5.11 Å². The average Bonchev–Trinajstić information content (AvgIpc) is 3.14. The first kappa shape index (κ1) is 15.9. The third kappa shape index (κ3) is 2.80. The summed E-state index contributed by atoms with van der Waals surface area (Å²) in [6, 6.07) is 11.9. The summed E-state index contributed by atoms with van der Waals surface area (Å²) in [5, 5.41) is 22.7. The van der Waals surface area contributed by atoms with E-state index in [-0.39, 0.29) is 0 Å². The van der Waals surface area contributed by atoms with Gasteiger partial charge in [-0.2, -0.15) is 10.4 Å². The average molecular weight is 348 g/mol. The lowest BCUT2D eigenvalue weighted by atomic mass is 10.0. The first-order valence-corrected chi connectivity index (χ1v) is 8.23. The largest absolute Gasteiger partial charge is 0.465 e. The third-order valence-electron chi connectivity index (χ3n) is 4.59. The van der Waals surface area contributed by atoms with E-state index in [2.05, 4.69) is 21.1 Å². The van der Waals surface area contributed by atoms with Crippen LogP contribution in [0.3, 0.4) is 0 Å². The fourth-order valence-corrected chi connectivity index (χ4v) is 3.17. The van der Waals surface area contributed by atoms with Gasteiger partial charge in [0.2, 0.25) is 0 Å². The smallest absolute Gasteiger partial charge is 0.407 e. The number of nitriles is 1. The van der Waals surface area contributed by atoms with Crippen LogP contribution in [0.4, 0.5) is 10.5 Å². The highest BCUT2D eigenvalue weighted by Crippen LogP contribution is 2.26. The fourth-order valence-electron chi connectivity index (χ4n) is 3.17.